The Kier molecular flexibility index (Phi) is 3.75. The molecule has 1 amide bonds. The Balaban J connectivity index is 2.16. The van der Waals surface area contributed by atoms with Gasteiger partial charge < -0.3 is 4.90 Å². The number of nitrogens with zero attached hydrogens (tertiary/aromatic N) is 3. The Morgan fingerprint density at radius 3 is 3.00 bits per heavy atom. The van der Waals surface area contributed by atoms with E-state index in [9.17, 15) is 4.79 Å². The van der Waals surface area contributed by atoms with Gasteiger partial charge in [-0.2, -0.15) is 5.26 Å². The van der Waals surface area contributed by atoms with Crippen LogP contribution >= 0.6 is 15.9 Å². The SMILES string of the molecule is N#CCCN(C(=O)c1ncccc1Br)C1CC1. The highest BCUT2D eigenvalue weighted by Crippen LogP contribution is 2.29. The van der Waals surface area contributed by atoms with Crippen LogP contribution in [0.2, 0.25) is 0 Å². The number of amides is 1. The Labute approximate surface area is 108 Å². The average Bonchev–Trinajstić information content (AvgIpc) is 3.14. The van der Waals surface area contributed by atoms with Gasteiger partial charge in [-0.3, -0.25) is 4.79 Å². The number of hydrogen-bond acceptors (Lipinski definition) is 3. The fraction of sp³-hybridized carbons (Fsp3) is 0.417. The first kappa shape index (κ1) is 12.1. The minimum Gasteiger partial charge on any atom is -0.333 e. The lowest BCUT2D eigenvalue weighted by atomic mass is 10.3. The fourth-order valence-electron chi connectivity index (χ4n) is 1.69. The molecular weight excluding hydrogens is 282 g/mol. The quantitative estimate of drug-likeness (QED) is 0.856. The van der Waals surface area contributed by atoms with Gasteiger partial charge >= 0.3 is 0 Å². The Morgan fingerprint density at radius 1 is 1.65 bits per heavy atom. The molecule has 0 unspecified atom stereocenters. The minimum absolute atomic E-state index is 0.0878. The van der Waals surface area contributed by atoms with Crippen molar-refractivity contribution in [3.05, 3.63) is 28.5 Å². The summed E-state index contributed by atoms with van der Waals surface area (Å²) in [6.07, 6.45) is 4.03. The van der Waals surface area contributed by atoms with Crippen LogP contribution in [0.25, 0.3) is 0 Å². The van der Waals surface area contributed by atoms with E-state index in [1.54, 1.807) is 23.2 Å². The number of hydrogen-bond donors (Lipinski definition) is 0. The van der Waals surface area contributed by atoms with E-state index in [1.165, 1.54) is 0 Å². The van der Waals surface area contributed by atoms with Crippen LogP contribution in [-0.4, -0.2) is 28.4 Å². The molecule has 1 aromatic heterocycles. The molecule has 1 heterocycles. The average molecular weight is 294 g/mol. The molecule has 0 aromatic carbocycles. The summed E-state index contributed by atoms with van der Waals surface area (Å²) in [6.45, 7) is 0.489. The van der Waals surface area contributed by atoms with Gasteiger partial charge in [0.2, 0.25) is 0 Å². The third kappa shape index (κ3) is 2.83. The zero-order chi connectivity index (χ0) is 12.3. The van der Waals surface area contributed by atoms with E-state index < -0.39 is 0 Å². The zero-order valence-corrected chi connectivity index (χ0v) is 10.9. The van der Waals surface area contributed by atoms with Crippen LogP contribution in [0.3, 0.4) is 0 Å². The molecule has 4 nitrogen and oxygen atoms in total. The first-order chi connectivity index (χ1) is 8.24. The van der Waals surface area contributed by atoms with Crippen LogP contribution in [-0.2, 0) is 0 Å². The van der Waals surface area contributed by atoms with Crippen LogP contribution in [0, 0.1) is 11.3 Å². The second-order valence-electron chi connectivity index (χ2n) is 3.97. The molecule has 0 atom stereocenters. The lowest BCUT2D eigenvalue weighted by Gasteiger charge is -2.21. The lowest BCUT2D eigenvalue weighted by Crippen LogP contribution is -2.34. The smallest absolute Gasteiger partial charge is 0.273 e. The number of nitriles is 1. The molecule has 0 spiro atoms. The standard InChI is InChI=1S/C12H12BrN3O/c13-10-3-1-7-15-11(10)12(17)16(8-2-6-14)9-4-5-9/h1,3,7,9H,2,4-5,8H2. The summed E-state index contributed by atoms with van der Waals surface area (Å²) < 4.78 is 0.701. The number of aromatic nitrogens is 1. The summed E-state index contributed by atoms with van der Waals surface area (Å²) in [5, 5.41) is 8.61. The highest BCUT2D eigenvalue weighted by Gasteiger charge is 2.33. The van der Waals surface area contributed by atoms with Crippen molar-refractivity contribution >= 4 is 21.8 Å². The summed E-state index contributed by atoms with van der Waals surface area (Å²) in [4.78, 5) is 18.1. The summed E-state index contributed by atoms with van der Waals surface area (Å²) in [6, 6.07) is 5.95. The zero-order valence-electron chi connectivity index (χ0n) is 9.27. The first-order valence-corrected chi connectivity index (χ1v) is 6.31. The molecule has 0 aliphatic heterocycles. The summed E-state index contributed by atoms with van der Waals surface area (Å²) >= 11 is 3.33. The van der Waals surface area contributed by atoms with E-state index in [0.717, 1.165) is 12.8 Å². The molecule has 17 heavy (non-hydrogen) atoms. The molecule has 0 N–H and O–H groups in total. The molecule has 1 saturated carbocycles. The van der Waals surface area contributed by atoms with Gasteiger partial charge in [0.1, 0.15) is 5.69 Å². The van der Waals surface area contributed by atoms with Crippen LogP contribution in [0.1, 0.15) is 29.8 Å². The molecule has 5 heteroatoms. The summed E-state index contributed by atoms with van der Waals surface area (Å²) in [5.74, 6) is -0.0878. The molecule has 88 valence electrons. The first-order valence-electron chi connectivity index (χ1n) is 5.52. The van der Waals surface area contributed by atoms with Gasteiger partial charge in [0.25, 0.3) is 5.91 Å². The highest BCUT2D eigenvalue weighted by molar-refractivity contribution is 9.10. The van der Waals surface area contributed by atoms with Crippen LogP contribution in [0.4, 0.5) is 0 Å². The van der Waals surface area contributed by atoms with Gasteiger partial charge in [-0.15, -0.1) is 0 Å². The van der Waals surface area contributed by atoms with Crippen molar-refractivity contribution in [1.29, 1.82) is 5.26 Å². The van der Waals surface area contributed by atoms with Gasteiger partial charge in [-0.1, -0.05) is 0 Å². The van der Waals surface area contributed by atoms with E-state index in [-0.39, 0.29) is 5.91 Å². The molecule has 1 aliphatic carbocycles. The normalized spacial score (nSPS) is 14.1. The van der Waals surface area contributed by atoms with Crippen molar-refractivity contribution in [3.63, 3.8) is 0 Å². The van der Waals surface area contributed by atoms with Crippen LogP contribution in [0.15, 0.2) is 22.8 Å². The van der Waals surface area contributed by atoms with Crippen LogP contribution < -0.4 is 0 Å². The lowest BCUT2D eigenvalue weighted by molar-refractivity contribution is 0.0740. The van der Waals surface area contributed by atoms with Crippen molar-refractivity contribution in [3.8, 4) is 6.07 Å². The van der Waals surface area contributed by atoms with Crippen molar-refractivity contribution < 1.29 is 4.79 Å². The predicted molar refractivity (Wildman–Crippen MR) is 66.2 cm³/mol. The molecule has 0 bridgehead atoms. The molecule has 1 aromatic rings. The maximum Gasteiger partial charge on any atom is 0.273 e. The van der Waals surface area contributed by atoms with Gasteiger partial charge in [0.15, 0.2) is 0 Å². The number of carbonyl (C=O) groups excluding carboxylic acids is 1. The van der Waals surface area contributed by atoms with Gasteiger partial charge in [-0.25, -0.2) is 4.98 Å². The number of pyridine rings is 1. The maximum atomic E-state index is 12.3. The fourth-order valence-corrected chi connectivity index (χ4v) is 2.11. The number of rotatable bonds is 4. The van der Waals surface area contributed by atoms with E-state index in [0.29, 0.717) is 29.2 Å². The largest absolute Gasteiger partial charge is 0.333 e. The van der Waals surface area contributed by atoms with Gasteiger partial charge in [-0.05, 0) is 40.9 Å². The summed E-state index contributed by atoms with van der Waals surface area (Å²) in [7, 11) is 0. The Morgan fingerprint density at radius 2 is 2.41 bits per heavy atom. The number of halogens is 1. The van der Waals surface area contributed by atoms with E-state index in [2.05, 4.69) is 27.0 Å². The number of carbonyl (C=O) groups is 1. The molecule has 2 rings (SSSR count). The van der Waals surface area contributed by atoms with E-state index >= 15 is 0 Å². The van der Waals surface area contributed by atoms with Crippen molar-refractivity contribution in [2.75, 3.05) is 6.54 Å². The minimum atomic E-state index is -0.0878. The highest BCUT2D eigenvalue weighted by atomic mass is 79.9. The Hall–Kier alpha value is -1.41. The second kappa shape index (κ2) is 5.28. The molecule has 1 aliphatic rings. The van der Waals surface area contributed by atoms with Crippen molar-refractivity contribution in [2.24, 2.45) is 0 Å². The molecular formula is C12H12BrN3O. The third-order valence-electron chi connectivity index (χ3n) is 2.67. The van der Waals surface area contributed by atoms with Gasteiger partial charge in [0, 0.05) is 23.3 Å². The monoisotopic (exact) mass is 293 g/mol. The molecule has 0 saturated heterocycles. The van der Waals surface area contributed by atoms with E-state index in [4.69, 9.17) is 5.26 Å². The van der Waals surface area contributed by atoms with Crippen molar-refractivity contribution in [1.82, 2.24) is 9.88 Å². The molecule has 1 fully saturated rings. The van der Waals surface area contributed by atoms with Crippen molar-refractivity contribution in [2.45, 2.75) is 25.3 Å². The predicted octanol–water partition coefficient (Wildman–Crippen LogP) is 2.36. The van der Waals surface area contributed by atoms with Crippen LogP contribution in [0.5, 0.6) is 0 Å². The Bertz CT molecular complexity index is 465. The molecule has 0 radical (unpaired) electrons. The third-order valence-corrected chi connectivity index (χ3v) is 3.31. The topological polar surface area (TPSA) is 57.0 Å². The second-order valence-corrected chi connectivity index (χ2v) is 4.83. The maximum absolute atomic E-state index is 12.3. The van der Waals surface area contributed by atoms with E-state index in [1.807, 2.05) is 0 Å². The summed E-state index contributed by atoms with van der Waals surface area (Å²) in [5.41, 5.74) is 0.428. The van der Waals surface area contributed by atoms with Gasteiger partial charge in [0.05, 0.1) is 12.5 Å².